The number of rotatable bonds is 20. The minimum Gasteiger partial charge on any atom is -0.382 e. The van der Waals surface area contributed by atoms with Crippen LogP contribution in [-0.4, -0.2) is 126 Å². The third kappa shape index (κ3) is 6.94. The Bertz CT molecular complexity index is 1940. The first-order valence-electron chi connectivity index (χ1n) is 18.6. The van der Waals surface area contributed by atoms with Crippen molar-refractivity contribution in [2.24, 2.45) is 0 Å². The highest BCUT2D eigenvalue weighted by Crippen LogP contribution is 2.46. The van der Waals surface area contributed by atoms with Crippen LogP contribution in [0.4, 0.5) is 0 Å². The molecule has 2 heterocycles. The fourth-order valence-corrected chi connectivity index (χ4v) is 7.68. The molecule has 2 atom stereocenters. The summed E-state index contributed by atoms with van der Waals surface area (Å²) in [4.78, 5) is 58.1. The molecule has 0 fully saturated rings. The summed E-state index contributed by atoms with van der Waals surface area (Å²) >= 11 is 0. The molecule has 0 saturated heterocycles. The van der Waals surface area contributed by atoms with Crippen molar-refractivity contribution in [3.8, 4) is 0 Å². The topological polar surface area (TPSA) is 130 Å². The molecule has 0 N–H and O–H groups in total. The van der Waals surface area contributed by atoms with Crippen LogP contribution in [-0.2, 0) is 28.4 Å². The SMILES string of the molecule is COCCO[C@H](C)COCCCN1C(=O)c2ccc3c4ccc5c6c(ccc(c7ccc(c2c37)C1=O)c64)C(=O)N(CCCOC[C@@H](C)OCCOC)C5=O. The molecule has 12 heteroatoms. The van der Waals surface area contributed by atoms with E-state index >= 15 is 0 Å². The Hall–Kier alpha value is -4.56. The van der Waals surface area contributed by atoms with Crippen molar-refractivity contribution in [1.29, 1.82) is 0 Å². The van der Waals surface area contributed by atoms with Crippen LogP contribution in [0, 0.1) is 0 Å². The van der Waals surface area contributed by atoms with Crippen LogP contribution in [0.15, 0.2) is 48.5 Å². The van der Waals surface area contributed by atoms with Crippen LogP contribution in [0.5, 0.6) is 0 Å². The second-order valence-corrected chi connectivity index (χ2v) is 13.9. The van der Waals surface area contributed by atoms with E-state index in [4.69, 9.17) is 28.4 Å². The average Bonchev–Trinajstić information content (AvgIpc) is 3.17. The number of hydrogen-bond donors (Lipinski definition) is 0. The van der Waals surface area contributed by atoms with Gasteiger partial charge in [0.25, 0.3) is 23.6 Å². The van der Waals surface area contributed by atoms with Gasteiger partial charge in [-0.15, -0.1) is 0 Å². The lowest BCUT2D eigenvalue weighted by atomic mass is 9.82. The molecule has 0 saturated carbocycles. The van der Waals surface area contributed by atoms with E-state index in [1.807, 2.05) is 38.1 Å². The van der Waals surface area contributed by atoms with E-state index in [0.29, 0.717) is 98.7 Å². The normalized spacial score (nSPS) is 15.6. The van der Waals surface area contributed by atoms with E-state index in [9.17, 15) is 19.2 Å². The molecule has 7 rings (SSSR count). The summed E-state index contributed by atoms with van der Waals surface area (Å²) in [6.45, 7) is 7.84. The molecule has 12 nitrogen and oxygen atoms in total. The van der Waals surface area contributed by atoms with Crippen molar-refractivity contribution in [3.63, 3.8) is 0 Å². The molecular weight excluding hydrogens is 692 g/mol. The zero-order valence-corrected chi connectivity index (χ0v) is 31.2. The summed E-state index contributed by atoms with van der Waals surface area (Å²) in [6, 6.07) is 14.8. The summed E-state index contributed by atoms with van der Waals surface area (Å²) in [6.07, 6.45) is 0.786. The van der Waals surface area contributed by atoms with Crippen molar-refractivity contribution in [1.82, 2.24) is 9.80 Å². The number of carbonyl (C=O) groups excluding carboxylic acids is 4. The van der Waals surface area contributed by atoms with Gasteiger partial charge in [0, 0.05) is 73.5 Å². The average molecular weight is 739 g/mol. The summed E-state index contributed by atoms with van der Waals surface area (Å²) in [5, 5.41) is 6.31. The lowest BCUT2D eigenvalue weighted by Gasteiger charge is -2.30. The smallest absolute Gasteiger partial charge is 0.261 e. The Morgan fingerprint density at radius 3 is 1.11 bits per heavy atom. The first-order chi connectivity index (χ1) is 26.3. The van der Waals surface area contributed by atoms with E-state index in [1.165, 1.54) is 9.80 Å². The maximum atomic E-state index is 13.9. The quantitative estimate of drug-likeness (QED) is 0.0415. The Labute approximate surface area is 313 Å². The standard InChI is InChI=1S/C42H46N2O10/c1-25(53-21-19-49-3)23-51-17-5-15-43-39(45)31-11-7-27-29-9-13-33-38-34(14-10-30(36(29)38)28-8-12-32(40(43)46)37(31)35(27)28)42(48)44(41(33)47)16-6-18-52-24-26(2)54-22-20-50-4/h7-14,25-26H,5-6,15-24H2,1-4H3/t25-,26-/m1/s1. The van der Waals surface area contributed by atoms with E-state index in [2.05, 4.69) is 0 Å². The van der Waals surface area contributed by atoms with Gasteiger partial charge in [-0.25, -0.2) is 0 Å². The van der Waals surface area contributed by atoms with E-state index in [-0.39, 0.29) is 48.9 Å². The van der Waals surface area contributed by atoms with Gasteiger partial charge in [0.2, 0.25) is 0 Å². The van der Waals surface area contributed by atoms with Gasteiger partial charge in [-0.3, -0.25) is 29.0 Å². The van der Waals surface area contributed by atoms with Crippen LogP contribution >= 0.6 is 0 Å². The highest BCUT2D eigenvalue weighted by molar-refractivity contribution is 6.41. The molecule has 0 bridgehead atoms. The maximum Gasteiger partial charge on any atom is 0.261 e. The Kier molecular flexibility index (Phi) is 11.5. The number of ether oxygens (including phenoxy) is 6. The van der Waals surface area contributed by atoms with Crippen molar-refractivity contribution in [3.05, 3.63) is 70.8 Å². The molecule has 0 aromatic heterocycles. The molecule has 0 radical (unpaired) electrons. The highest BCUT2D eigenvalue weighted by Gasteiger charge is 2.36. The van der Waals surface area contributed by atoms with Gasteiger partial charge in [0.05, 0.1) is 51.8 Å². The monoisotopic (exact) mass is 738 g/mol. The van der Waals surface area contributed by atoms with Crippen LogP contribution in [0.1, 0.15) is 68.1 Å². The summed E-state index contributed by atoms with van der Waals surface area (Å²) in [7, 11) is 3.24. The van der Waals surface area contributed by atoms with Crippen molar-refractivity contribution in [2.45, 2.75) is 38.9 Å². The molecule has 5 aromatic rings. The number of carbonyl (C=O) groups is 4. The van der Waals surface area contributed by atoms with Crippen molar-refractivity contribution >= 4 is 66.7 Å². The minimum atomic E-state index is -0.338. The predicted molar refractivity (Wildman–Crippen MR) is 204 cm³/mol. The highest BCUT2D eigenvalue weighted by atomic mass is 16.6. The third-order valence-electron chi connectivity index (χ3n) is 10.2. The Balaban J connectivity index is 1.11. The number of fused-ring (bicyclic) bond motifs is 2. The van der Waals surface area contributed by atoms with Gasteiger partial charge in [-0.1, -0.05) is 24.3 Å². The largest absolute Gasteiger partial charge is 0.382 e. The summed E-state index contributed by atoms with van der Waals surface area (Å²) in [5.41, 5.74) is 1.88. The predicted octanol–water partition coefficient (Wildman–Crippen LogP) is 5.85. The second kappa shape index (κ2) is 16.4. The second-order valence-electron chi connectivity index (χ2n) is 13.9. The molecule has 54 heavy (non-hydrogen) atoms. The lowest BCUT2D eigenvalue weighted by molar-refractivity contribution is -0.0245. The van der Waals surface area contributed by atoms with Gasteiger partial charge in [-0.05, 0) is 83.3 Å². The zero-order chi connectivity index (χ0) is 37.9. The zero-order valence-electron chi connectivity index (χ0n) is 31.2. The number of amides is 4. The van der Waals surface area contributed by atoms with E-state index in [1.54, 1.807) is 38.5 Å². The Morgan fingerprint density at radius 1 is 0.463 bits per heavy atom. The van der Waals surface area contributed by atoms with Crippen molar-refractivity contribution < 1.29 is 47.6 Å². The molecule has 2 aliphatic rings. The fraction of sp³-hybridized carbons (Fsp3) is 0.429. The summed E-state index contributed by atoms with van der Waals surface area (Å²) < 4.78 is 32.8. The molecule has 0 aliphatic carbocycles. The van der Waals surface area contributed by atoms with Gasteiger partial charge in [-0.2, -0.15) is 0 Å². The van der Waals surface area contributed by atoms with Crippen LogP contribution < -0.4 is 0 Å². The van der Waals surface area contributed by atoms with Crippen LogP contribution in [0.2, 0.25) is 0 Å². The first-order valence-corrected chi connectivity index (χ1v) is 18.6. The fourth-order valence-electron chi connectivity index (χ4n) is 7.68. The number of benzene rings is 5. The molecule has 284 valence electrons. The number of hydrogen-bond acceptors (Lipinski definition) is 10. The third-order valence-corrected chi connectivity index (χ3v) is 10.2. The van der Waals surface area contributed by atoms with Crippen LogP contribution in [0.25, 0.3) is 43.1 Å². The summed E-state index contributed by atoms with van der Waals surface area (Å²) in [5.74, 6) is -1.35. The molecule has 0 spiro atoms. The van der Waals surface area contributed by atoms with Crippen LogP contribution in [0.3, 0.4) is 0 Å². The molecule has 4 amide bonds. The van der Waals surface area contributed by atoms with E-state index < -0.39 is 0 Å². The Morgan fingerprint density at radius 2 is 0.796 bits per heavy atom. The van der Waals surface area contributed by atoms with Crippen molar-refractivity contribution in [2.75, 3.05) is 80.2 Å². The van der Waals surface area contributed by atoms with Gasteiger partial charge in [0.1, 0.15) is 0 Å². The molecule has 0 unspecified atom stereocenters. The van der Waals surface area contributed by atoms with Gasteiger partial charge >= 0.3 is 0 Å². The number of methoxy groups -OCH3 is 2. The van der Waals surface area contributed by atoms with Gasteiger partial charge < -0.3 is 28.4 Å². The molecule has 2 aliphatic heterocycles. The number of nitrogens with zero attached hydrogens (tertiary/aromatic N) is 2. The first kappa shape index (κ1) is 37.7. The van der Waals surface area contributed by atoms with E-state index in [0.717, 1.165) is 32.3 Å². The lowest BCUT2D eigenvalue weighted by Crippen LogP contribution is -2.41. The maximum absolute atomic E-state index is 13.9. The molecular formula is C42H46N2O10. The molecule has 5 aromatic carbocycles. The number of imide groups is 2. The minimum absolute atomic E-state index is 0.0969. The van der Waals surface area contributed by atoms with Gasteiger partial charge in [0.15, 0.2) is 0 Å².